The van der Waals surface area contributed by atoms with Crippen molar-refractivity contribution in [2.75, 3.05) is 4.90 Å². The Labute approximate surface area is 346 Å². The molecule has 0 N–H and O–H groups in total. The van der Waals surface area contributed by atoms with Gasteiger partial charge in [-0.25, -0.2) is 0 Å². The highest BCUT2D eigenvalue weighted by atomic mass is 15.1. The van der Waals surface area contributed by atoms with Crippen molar-refractivity contribution in [3.63, 3.8) is 0 Å². The number of benzene rings is 7. The van der Waals surface area contributed by atoms with Gasteiger partial charge in [-0.3, -0.25) is 0 Å². The van der Waals surface area contributed by atoms with Crippen LogP contribution in [0.2, 0.25) is 0 Å². The summed E-state index contributed by atoms with van der Waals surface area (Å²) in [6.07, 6.45) is 7.37. The SMILES string of the molecule is CC1(C)CCC(C)(C)c2cc(-c3ccc(N(c4ccccc4)c4cc5c(cc4-c4ccc(-c6cccc7c6CCCC7)cc4)-c4ccccc4C5(C)C)cc3)ccc21. The van der Waals surface area contributed by atoms with Crippen molar-refractivity contribution in [3.05, 3.63) is 185 Å². The van der Waals surface area contributed by atoms with Crippen LogP contribution in [-0.2, 0) is 29.1 Å². The predicted molar refractivity (Wildman–Crippen MR) is 247 cm³/mol. The largest absolute Gasteiger partial charge is 0.310 e. The fourth-order valence-electron chi connectivity index (χ4n) is 10.6. The average Bonchev–Trinajstić information content (AvgIpc) is 3.47. The Bertz CT molecular complexity index is 2670. The van der Waals surface area contributed by atoms with Crippen LogP contribution >= 0.6 is 0 Å². The predicted octanol–water partition coefficient (Wildman–Crippen LogP) is 15.7. The number of rotatable bonds is 6. The molecule has 3 aliphatic rings. The van der Waals surface area contributed by atoms with Crippen LogP contribution in [-0.4, -0.2) is 0 Å². The molecule has 0 heterocycles. The molecule has 0 saturated heterocycles. The number of fused-ring (bicyclic) bond motifs is 5. The van der Waals surface area contributed by atoms with Gasteiger partial charge in [-0.05, 0) is 158 Å². The molecule has 3 aliphatic carbocycles. The number of hydrogen-bond acceptors (Lipinski definition) is 1. The van der Waals surface area contributed by atoms with E-state index < -0.39 is 0 Å². The average molecular weight is 754 g/mol. The van der Waals surface area contributed by atoms with Crippen molar-refractivity contribution in [2.45, 2.75) is 96.3 Å². The topological polar surface area (TPSA) is 3.24 Å². The van der Waals surface area contributed by atoms with Crippen molar-refractivity contribution in [3.8, 4) is 44.5 Å². The van der Waals surface area contributed by atoms with Crippen molar-refractivity contribution in [1.29, 1.82) is 0 Å². The first-order chi connectivity index (χ1) is 28.0. The van der Waals surface area contributed by atoms with Gasteiger partial charge in [0, 0.05) is 22.4 Å². The van der Waals surface area contributed by atoms with Crippen molar-refractivity contribution < 1.29 is 0 Å². The van der Waals surface area contributed by atoms with E-state index in [0.29, 0.717) is 0 Å². The highest BCUT2D eigenvalue weighted by Crippen LogP contribution is 2.54. The molecule has 7 aromatic carbocycles. The van der Waals surface area contributed by atoms with E-state index in [4.69, 9.17) is 0 Å². The molecule has 288 valence electrons. The fraction of sp³-hybridized carbons (Fsp3) is 0.263. The summed E-state index contributed by atoms with van der Waals surface area (Å²) in [5, 5.41) is 0. The second kappa shape index (κ2) is 13.7. The van der Waals surface area contributed by atoms with Crippen molar-refractivity contribution >= 4 is 17.1 Å². The van der Waals surface area contributed by atoms with Crippen LogP contribution in [0.25, 0.3) is 44.5 Å². The van der Waals surface area contributed by atoms with Crippen LogP contribution in [0.3, 0.4) is 0 Å². The summed E-state index contributed by atoms with van der Waals surface area (Å²) in [4.78, 5) is 2.48. The van der Waals surface area contributed by atoms with Crippen LogP contribution in [0.4, 0.5) is 17.1 Å². The van der Waals surface area contributed by atoms with Crippen LogP contribution < -0.4 is 4.90 Å². The van der Waals surface area contributed by atoms with Gasteiger partial charge in [0.25, 0.3) is 0 Å². The number of nitrogens with zero attached hydrogens (tertiary/aromatic N) is 1. The molecule has 10 rings (SSSR count). The highest BCUT2D eigenvalue weighted by Gasteiger charge is 2.38. The second-order valence-electron chi connectivity index (χ2n) is 19.1. The molecule has 0 aromatic heterocycles. The van der Waals surface area contributed by atoms with E-state index in [0.717, 1.165) is 11.4 Å². The van der Waals surface area contributed by atoms with Gasteiger partial charge in [-0.15, -0.1) is 0 Å². The van der Waals surface area contributed by atoms with Crippen LogP contribution in [0, 0.1) is 0 Å². The Morgan fingerprint density at radius 3 is 1.76 bits per heavy atom. The lowest BCUT2D eigenvalue weighted by Gasteiger charge is -2.42. The summed E-state index contributed by atoms with van der Waals surface area (Å²) in [6, 6.07) is 57.8. The summed E-state index contributed by atoms with van der Waals surface area (Å²) in [7, 11) is 0. The first-order valence-electron chi connectivity index (χ1n) is 21.6. The number of para-hydroxylation sites is 1. The zero-order valence-corrected chi connectivity index (χ0v) is 35.1. The Kier molecular flexibility index (Phi) is 8.68. The third-order valence-electron chi connectivity index (χ3n) is 14.2. The quantitative estimate of drug-likeness (QED) is 0.163. The van der Waals surface area contributed by atoms with Gasteiger partial charge in [-0.1, -0.05) is 157 Å². The molecule has 0 atom stereocenters. The number of hydrogen-bond donors (Lipinski definition) is 0. The molecule has 0 fully saturated rings. The van der Waals surface area contributed by atoms with Crippen LogP contribution in [0.1, 0.15) is 101 Å². The van der Waals surface area contributed by atoms with Gasteiger partial charge >= 0.3 is 0 Å². The lowest BCUT2D eigenvalue weighted by molar-refractivity contribution is 0.332. The first-order valence-corrected chi connectivity index (χ1v) is 21.6. The zero-order chi connectivity index (χ0) is 39.8. The van der Waals surface area contributed by atoms with Gasteiger partial charge in [0.15, 0.2) is 0 Å². The zero-order valence-electron chi connectivity index (χ0n) is 35.1. The van der Waals surface area contributed by atoms with E-state index in [1.54, 1.807) is 5.56 Å². The van der Waals surface area contributed by atoms with Crippen LogP contribution in [0.15, 0.2) is 152 Å². The fourth-order valence-corrected chi connectivity index (χ4v) is 10.6. The minimum atomic E-state index is -0.129. The Morgan fingerprint density at radius 1 is 0.397 bits per heavy atom. The minimum absolute atomic E-state index is 0.129. The normalized spacial score (nSPS) is 16.8. The highest BCUT2D eigenvalue weighted by molar-refractivity contribution is 5.95. The van der Waals surface area contributed by atoms with Gasteiger partial charge in [-0.2, -0.15) is 0 Å². The maximum Gasteiger partial charge on any atom is 0.0543 e. The molecule has 7 aromatic rings. The molecule has 0 bridgehead atoms. The molecule has 0 unspecified atom stereocenters. The first kappa shape index (κ1) is 36.7. The lowest BCUT2D eigenvalue weighted by atomic mass is 9.63. The molecule has 0 amide bonds. The molecule has 0 saturated carbocycles. The van der Waals surface area contributed by atoms with Gasteiger partial charge in [0.05, 0.1) is 5.69 Å². The van der Waals surface area contributed by atoms with E-state index in [2.05, 4.69) is 198 Å². The third kappa shape index (κ3) is 6.05. The summed E-state index contributed by atoms with van der Waals surface area (Å²) in [5.41, 5.74) is 23.0. The molecule has 1 nitrogen and oxygen atoms in total. The maximum atomic E-state index is 2.50. The van der Waals surface area contributed by atoms with Gasteiger partial charge in [0.1, 0.15) is 0 Å². The molecule has 0 radical (unpaired) electrons. The third-order valence-corrected chi connectivity index (χ3v) is 14.2. The molecular formula is C57H55N. The van der Waals surface area contributed by atoms with Gasteiger partial charge in [0.2, 0.25) is 0 Å². The molecule has 0 aliphatic heterocycles. The van der Waals surface area contributed by atoms with Crippen molar-refractivity contribution in [2.24, 2.45) is 0 Å². The van der Waals surface area contributed by atoms with E-state index in [1.165, 1.54) is 117 Å². The summed E-state index contributed by atoms with van der Waals surface area (Å²) in [6.45, 7) is 14.4. The Balaban J connectivity index is 1.12. The molecule has 0 spiro atoms. The Hall–Kier alpha value is -5.66. The lowest BCUT2D eigenvalue weighted by Crippen LogP contribution is -2.33. The van der Waals surface area contributed by atoms with E-state index in [-0.39, 0.29) is 16.2 Å². The Morgan fingerprint density at radius 2 is 1.00 bits per heavy atom. The second-order valence-corrected chi connectivity index (χ2v) is 19.1. The number of anilines is 3. The summed E-state index contributed by atoms with van der Waals surface area (Å²) >= 11 is 0. The monoisotopic (exact) mass is 753 g/mol. The van der Waals surface area contributed by atoms with Crippen molar-refractivity contribution in [1.82, 2.24) is 0 Å². The van der Waals surface area contributed by atoms with E-state index >= 15 is 0 Å². The smallest absolute Gasteiger partial charge is 0.0543 e. The summed E-state index contributed by atoms with van der Waals surface area (Å²) in [5.74, 6) is 0. The maximum absolute atomic E-state index is 2.50. The van der Waals surface area contributed by atoms with E-state index in [9.17, 15) is 0 Å². The van der Waals surface area contributed by atoms with E-state index in [1.807, 2.05) is 0 Å². The summed E-state index contributed by atoms with van der Waals surface area (Å²) < 4.78 is 0. The van der Waals surface area contributed by atoms with Gasteiger partial charge < -0.3 is 4.90 Å². The molecule has 1 heteroatoms. The minimum Gasteiger partial charge on any atom is -0.310 e. The molecular weight excluding hydrogens is 699 g/mol. The standard InChI is InChI=1S/C57H55N/c1-55(2)33-34-56(3,4)53-35-42(29-32-51(53)55)38-27-30-44(31-28-38)58(43-17-8-7-9-18-43)54-37-52-49(47-20-12-13-22-50(47)57(52,5)6)36-48(54)41-25-23-40(24-26-41)46-21-14-16-39-15-10-11-19-45(39)46/h7-9,12-14,16-18,20-32,35-37H,10-11,15,19,33-34H2,1-6H3. The number of aryl methyl sites for hydroxylation is 1. The van der Waals surface area contributed by atoms with Crippen LogP contribution in [0.5, 0.6) is 0 Å². The molecule has 58 heavy (non-hydrogen) atoms.